The Hall–Kier alpha value is -2.46. The summed E-state index contributed by atoms with van der Waals surface area (Å²) in [5.41, 5.74) is 6.45. The summed E-state index contributed by atoms with van der Waals surface area (Å²) in [5, 5.41) is 6.10. The van der Waals surface area contributed by atoms with Crippen molar-refractivity contribution < 1.29 is 4.79 Å². The highest BCUT2D eigenvalue weighted by Gasteiger charge is 2.17. The molecule has 28 heavy (non-hydrogen) atoms. The highest BCUT2D eigenvalue weighted by Crippen LogP contribution is 2.32. The standard InChI is InChI=1S/C24H28N2OS/c1-15(2)20-7-6-8-21(16(3)4)23(20)26-22(27)13-19-14-28-24(25-19)18-11-9-17(5)10-12-18/h6-12,14-16H,13H2,1-5H3,(H,26,27). The summed E-state index contributed by atoms with van der Waals surface area (Å²) in [7, 11) is 0. The lowest BCUT2D eigenvalue weighted by atomic mass is 9.92. The van der Waals surface area contributed by atoms with Crippen LogP contribution < -0.4 is 5.32 Å². The maximum absolute atomic E-state index is 12.8. The maximum Gasteiger partial charge on any atom is 0.230 e. The summed E-state index contributed by atoms with van der Waals surface area (Å²) in [6.45, 7) is 10.7. The van der Waals surface area contributed by atoms with Gasteiger partial charge < -0.3 is 5.32 Å². The zero-order valence-electron chi connectivity index (χ0n) is 17.2. The number of thiazole rings is 1. The normalized spacial score (nSPS) is 11.2. The number of carbonyl (C=O) groups excluding carboxylic acids is 1. The molecule has 146 valence electrons. The average molecular weight is 393 g/mol. The molecule has 1 heterocycles. The van der Waals surface area contributed by atoms with Gasteiger partial charge in [0.2, 0.25) is 5.91 Å². The van der Waals surface area contributed by atoms with Crippen LogP contribution in [0.5, 0.6) is 0 Å². The van der Waals surface area contributed by atoms with E-state index in [2.05, 4.69) is 87.4 Å². The second-order valence-corrected chi connectivity index (χ2v) is 8.71. The molecule has 0 saturated heterocycles. The Morgan fingerprint density at radius 3 is 2.18 bits per heavy atom. The van der Waals surface area contributed by atoms with E-state index in [0.717, 1.165) is 22.0 Å². The summed E-state index contributed by atoms with van der Waals surface area (Å²) < 4.78 is 0. The molecule has 0 fully saturated rings. The highest BCUT2D eigenvalue weighted by atomic mass is 32.1. The molecule has 3 rings (SSSR count). The van der Waals surface area contributed by atoms with Gasteiger partial charge in [-0.3, -0.25) is 4.79 Å². The Labute approximate surface area is 171 Å². The summed E-state index contributed by atoms with van der Waals surface area (Å²) in [4.78, 5) is 17.4. The van der Waals surface area contributed by atoms with Crippen molar-refractivity contribution >= 4 is 22.9 Å². The third-order valence-electron chi connectivity index (χ3n) is 4.83. The first kappa shape index (κ1) is 20.3. The van der Waals surface area contributed by atoms with Crippen LogP contribution in [0.25, 0.3) is 10.6 Å². The van der Waals surface area contributed by atoms with Crippen LogP contribution in [0.3, 0.4) is 0 Å². The lowest BCUT2D eigenvalue weighted by Crippen LogP contribution is -2.18. The lowest BCUT2D eigenvalue weighted by Gasteiger charge is -2.20. The van der Waals surface area contributed by atoms with Gasteiger partial charge >= 0.3 is 0 Å². The average Bonchev–Trinajstić information content (AvgIpc) is 3.10. The Bertz CT molecular complexity index is 929. The fourth-order valence-electron chi connectivity index (χ4n) is 3.26. The third-order valence-corrected chi connectivity index (χ3v) is 5.77. The number of hydrogen-bond acceptors (Lipinski definition) is 3. The quantitative estimate of drug-likeness (QED) is 0.517. The van der Waals surface area contributed by atoms with E-state index in [1.807, 2.05) is 5.38 Å². The van der Waals surface area contributed by atoms with Crippen molar-refractivity contribution in [3.63, 3.8) is 0 Å². The number of benzene rings is 2. The predicted octanol–water partition coefficient (Wildman–Crippen LogP) is 6.55. The van der Waals surface area contributed by atoms with Gasteiger partial charge in [0.1, 0.15) is 5.01 Å². The molecule has 0 bridgehead atoms. The Morgan fingerprint density at radius 1 is 1.00 bits per heavy atom. The number of hydrogen-bond donors (Lipinski definition) is 1. The third kappa shape index (κ3) is 4.68. The van der Waals surface area contributed by atoms with Gasteiger partial charge in [-0.1, -0.05) is 75.7 Å². The number of aromatic nitrogens is 1. The SMILES string of the molecule is Cc1ccc(-c2nc(CC(=O)Nc3c(C(C)C)cccc3C(C)C)cs2)cc1. The fraction of sp³-hybridized carbons (Fsp3) is 0.333. The van der Waals surface area contributed by atoms with Crippen LogP contribution >= 0.6 is 11.3 Å². The molecule has 0 aliphatic heterocycles. The van der Waals surface area contributed by atoms with Gasteiger partial charge in [-0.2, -0.15) is 0 Å². The molecule has 4 heteroatoms. The van der Waals surface area contributed by atoms with Gasteiger partial charge in [0.15, 0.2) is 0 Å². The molecule has 0 unspecified atom stereocenters. The van der Waals surface area contributed by atoms with Crippen molar-refractivity contribution in [1.29, 1.82) is 0 Å². The fourth-order valence-corrected chi connectivity index (χ4v) is 4.09. The zero-order chi connectivity index (χ0) is 20.3. The van der Waals surface area contributed by atoms with Crippen LogP contribution in [-0.2, 0) is 11.2 Å². The van der Waals surface area contributed by atoms with E-state index in [-0.39, 0.29) is 12.3 Å². The lowest BCUT2D eigenvalue weighted by molar-refractivity contribution is -0.115. The molecule has 0 saturated carbocycles. The number of nitrogens with one attached hydrogen (secondary N) is 1. The van der Waals surface area contributed by atoms with Gasteiger partial charge in [0.25, 0.3) is 0 Å². The number of carbonyl (C=O) groups is 1. The number of amides is 1. The second kappa shape index (κ2) is 8.70. The molecule has 0 aliphatic carbocycles. The molecule has 3 aromatic rings. The molecule has 2 aromatic carbocycles. The summed E-state index contributed by atoms with van der Waals surface area (Å²) in [6.07, 6.45) is 0.284. The second-order valence-electron chi connectivity index (χ2n) is 7.86. The van der Waals surface area contributed by atoms with E-state index >= 15 is 0 Å². The maximum atomic E-state index is 12.8. The number of rotatable bonds is 6. The van der Waals surface area contributed by atoms with E-state index in [9.17, 15) is 4.79 Å². The first-order chi connectivity index (χ1) is 13.3. The van der Waals surface area contributed by atoms with Gasteiger partial charge in [0.05, 0.1) is 12.1 Å². The van der Waals surface area contributed by atoms with Crippen molar-refractivity contribution in [3.8, 4) is 10.6 Å². The smallest absolute Gasteiger partial charge is 0.230 e. The van der Waals surface area contributed by atoms with Crippen LogP contribution in [0.4, 0.5) is 5.69 Å². The Kier molecular flexibility index (Phi) is 6.30. The minimum atomic E-state index is -0.0178. The number of nitrogens with zero attached hydrogens (tertiary/aromatic N) is 1. The predicted molar refractivity (Wildman–Crippen MR) is 119 cm³/mol. The van der Waals surface area contributed by atoms with Crippen LogP contribution in [0.1, 0.15) is 61.9 Å². The molecule has 0 spiro atoms. The molecule has 3 nitrogen and oxygen atoms in total. The van der Waals surface area contributed by atoms with Crippen LogP contribution in [0.15, 0.2) is 47.8 Å². The van der Waals surface area contributed by atoms with Crippen molar-refractivity contribution in [1.82, 2.24) is 4.98 Å². The first-order valence-electron chi connectivity index (χ1n) is 9.79. The van der Waals surface area contributed by atoms with Crippen molar-refractivity contribution in [2.75, 3.05) is 5.32 Å². The molecule has 1 aromatic heterocycles. The van der Waals surface area contributed by atoms with E-state index in [1.165, 1.54) is 16.7 Å². The largest absolute Gasteiger partial charge is 0.325 e. The number of anilines is 1. The van der Waals surface area contributed by atoms with Crippen molar-refractivity contribution in [3.05, 3.63) is 70.2 Å². The number of para-hydroxylation sites is 1. The topological polar surface area (TPSA) is 42.0 Å². The van der Waals surface area contributed by atoms with Gasteiger partial charge in [-0.05, 0) is 29.9 Å². The first-order valence-corrected chi connectivity index (χ1v) is 10.7. The molecular formula is C24H28N2OS. The Morgan fingerprint density at radius 2 is 1.61 bits per heavy atom. The summed E-state index contributed by atoms with van der Waals surface area (Å²) in [6, 6.07) is 14.6. The monoisotopic (exact) mass is 392 g/mol. The van der Waals surface area contributed by atoms with Crippen LogP contribution in [0.2, 0.25) is 0 Å². The molecule has 0 aliphatic rings. The summed E-state index contributed by atoms with van der Waals surface area (Å²) >= 11 is 1.58. The van der Waals surface area contributed by atoms with E-state index in [4.69, 9.17) is 0 Å². The highest BCUT2D eigenvalue weighted by molar-refractivity contribution is 7.13. The van der Waals surface area contributed by atoms with Gasteiger partial charge in [-0.15, -0.1) is 11.3 Å². The number of aryl methyl sites for hydroxylation is 1. The molecular weight excluding hydrogens is 364 g/mol. The van der Waals surface area contributed by atoms with E-state index < -0.39 is 0 Å². The molecule has 1 amide bonds. The van der Waals surface area contributed by atoms with E-state index in [0.29, 0.717) is 11.8 Å². The Balaban J connectivity index is 1.77. The minimum Gasteiger partial charge on any atom is -0.325 e. The molecule has 0 atom stereocenters. The molecule has 0 radical (unpaired) electrons. The van der Waals surface area contributed by atoms with Crippen molar-refractivity contribution in [2.45, 2.75) is 52.9 Å². The van der Waals surface area contributed by atoms with Crippen LogP contribution in [0, 0.1) is 6.92 Å². The van der Waals surface area contributed by atoms with E-state index in [1.54, 1.807) is 11.3 Å². The molecule has 1 N–H and O–H groups in total. The van der Waals surface area contributed by atoms with Gasteiger partial charge in [0, 0.05) is 16.6 Å². The van der Waals surface area contributed by atoms with Crippen LogP contribution in [-0.4, -0.2) is 10.9 Å². The summed E-state index contributed by atoms with van der Waals surface area (Å²) in [5.74, 6) is 0.679. The van der Waals surface area contributed by atoms with Crippen molar-refractivity contribution in [2.24, 2.45) is 0 Å². The zero-order valence-corrected chi connectivity index (χ0v) is 18.1. The van der Waals surface area contributed by atoms with Gasteiger partial charge in [-0.25, -0.2) is 4.98 Å². The minimum absolute atomic E-state index is 0.0178.